The van der Waals surface area contributed by atoms with Gasteiger partial charge in [0, 0.05) is 32.2 Å². The Kier molecular flexibility index (Phi) is 2.86. The minimum atomic E-state index is -0.308. The predicted molar refractivity (Wildman–Crippen MR) is 75.7 cm³/mol. The van der Waals surface area contributed by atoms with E-state index in [2.05, 4.69) is 24.1 Å². The van der Waals surface area contributed by atoms with Crippen molar-refractivity contribution in [2.45, 2.75) is 25.9 Å². The van der Waals surface area contributed by atoms with Crippen molar-refractivity contribution in [2.24, 2.45) is 7.05 Å². The van der Waals surface area contributed by atoms with E-state index in [0.717, 1.165) is 24.3 Å². The molecule has 5 heteroatoms. The number of hydrogen-bond acceptors (Lipinski definition) is 4. The van der Waals surface area contributed by atoms with Gasteiger partial charge >= 0.3 is 5.76 Å². The van der Waals surface area contributed by atoms with Crippen LogP contribution in [0.15, 0.2) is 27.4 Å². The van der Waals surface area contributed by atoms with E-state index in [1.807, 2.05) is 18.2 Å². The number of benzene rings is 1. The average Bonchev–Trinajstić information content (AvgIpc) is 2.67. The number of hydrogen-bond donors (Lipinski definition) is 1. The smallest absolute Gasteiger partial charge is 0.405 e. The molecule has 2 atom stereocenters. The molecular weight excluding hydrogens is 242 g/mol. The fourth-order valence-electron chi connectivity index (χ4n) is 2.95. The summed E-state index contributed by atoms with van der Waals surface area (Å²) in [4.78, 5) is 14.0. The van der Waals surface area contributed by atoms with E-state index in [-0.39, 0.29) is 5.76 Å². The Morgan fingerprint density at radius 1 is 1.26 bits per heavy atom. The molecule has 1 aromatic heterocycles. The highest BCUT2D eigenvalue weighted by Gasteiger charge is 2.27. The lowest BCUT2D eigenvalue weighted by Gasteiger charge is -2.41. The second kappa shape index (κ2) is 4.42. The first-order valence-corrected chi connectivity index (χ1v) is 6.67. The Labute approximate surface area is 111 Å². The van der Waals surface area contributed by atoms with Gasteiger partial charge in [0.2, 0.25) is 0 Å². The number of nitrogens with one attached hydrogen (secondary N) is 1. The molecule has 1 aliphatic heterocycles. The zero-order valence-electron chi connectivity index (χ0n) is 11.5. The Morgan fingerprint density at radius 3 is 2.63 bits per heavy atom. The number of anilines is 1. The summed E-state index contributed by atoms with van der Waals surface area (Å²) in [5.41, 5.74) is 2.55. The van der Waals surface area contributed by atoms with Gasteiger partial charge in [0.05, 0.1) is 11.2 Å². The maximum Gasteiger partial charge on any atom is 0.419 e. The van der Waals surface area contributed by atoms with Crippen LogP contribution in [0.4, 0.5) is 5.69 Å². The van der Waals surface area contributed by atoms with E-state index in [9.17, 15) is 4.79 Å². The molecule has 5 nitrogen and oxygen atoms in total. The number of para-hydroxylation sites is 1. The molecule has 3 rings (SSSR count). The maximum atomic E-state index is 11.7. The van der Waals surface area contributed by atoms with Crippen molar-refractivity contribution in [1.82, 2.24) is 9.88 Å². The second-order valence-corrected chi connectivity index (χ2v) is 5.32. The van der Waals surface area contributed by atoms with Gasteiger partial charge in [-0.2, -0.15) is 0 Å². The van der Waals surface area contributed by atoms with E-state index in [4.69, 9.17) is 4.42 Å². The molecular formula is C14H19N3O2. The third-order valence-electron chi connectivity index (χ3n) is 3.91. The third kappa shape index (κ3) is 1.85. The van der Waals surface area contributed by atoms with Crippen LogP contribution in [0.3, 0.4) is 0 Å². The summed E-state index contributed by atoms with van der Waals surface area (Å²) in [5, 5.41) is 3.41. The van der Waals surface area contributed by atoms with Crippen LogP contribution < -0.4 is 16.0 Å². The molecule has 0 spiro atoms. The van der Waals surface area contributed by atoms with Crippen molar-refractivity contribution in [3.8, 4) is 0 Å². The number of aryl methyl sites for hydroxylation is 1. The largest absolute Gasteiger partial charge is 0.419 e. The van der Waals surface area contributed by atoms with Gasteiger partial charge in [-0.15, -0.1) is 0 Å². The Balaban J connectivity index is 2.19. The molecule has 0 bridgehead atoms. The number of oxazole rings is 1. The highest BCUT2D eigenvalue weighted by molar-refractivity contribution is 5.87. The van der Waals surface area contributed by atoms with Gasteiger partial charge in [-0.05, 0) is 26.0 Å². The Hall–Kier alpha value is -1.75. The number of fused-ring (bicyclic) bond motifs is 1. The maximum absolute atomic E-state index is 11.7. The van der Waals surface area contributed by atoms with Crippen LogP contribution in [0, 0.1) is 0 Å². The highest BCUT2D eigenvalue weighted by atomic mass is 16.4. The van der Waals surface area contributed by atoms with Gasteiger partial charge in [-0.25, -0.2) is 4.79 Å². The van der Waals surface area contributed by atoms with Crippen molar-refractivity contribution in [3.05, 3.63) is 28.7 Å². The lowest BCUT2D eigenvalue weighted by Crippen LogP contribution is -2.55. The number of nitrogens with zero attached hydrogens (tertiary/aromatic N) is 2. The summed E-state index contributed by atoms with van der Waals surface area (Å²) >= 11 is 0. The quantitative estimate of drug-likeness (QED) is 0.841. The van der Waals surface area contributed by atoms with Gasteiger partial charge in [-0.1, -0.05) is 6.07 Å². The summed E-state index contributed by atoms with van der Waals surface area (Å²) in [7, 11) is 1.74. The van der Waals surface area contributed by atoms with E-state index < -0.39 is 0 Å². The van der Waals surface area contributed by atoms with Crippen molar-refractivity contribution < 1.29 is 4.42 Å². The highest BCUT2D eigenvalue weighted by Crippen LogP contribution is 2.29. The third-order valence-corrected chi connectivity index (χ3v) is 3.91. The molecule has 0 radical (unpaired) electrons. The predicted octanol–water partition coefficient (Wildman–Crippen LogP) is 1.32. The summed E-state index contributed by atoms with van der Waals surface area (Å²) < 4.78 is 6.98. The van der Waals surface area contributed by atoms with Crippen molar-refractivity contribution in [2.75, 3.05) is 18.0 Å². The van der Waals surface area contributed by atoms with Gasteiger partial charge < -0.3 is 14.6 Å². The number of rotatable bonds is 1. The molecule has 102 valence electrons. The van der Waals surface area contributed by atoms with E-state index >= 15 is 0 Å². The summed E-state index contributed by atoms with van der Waals surface area (Å²) in [5.74, 6) is -0.308. The van der Waals surface area contributed by atoms with Crippen LogP contribution in [-0.4, -0.2) is 29.7 Å². The standard InChI is InChI=1S/C14H19N3O2/c1-9-7-15-8-10(2)17(9)12-6-4-5-11-13(12)19-14(18)16(11)3/h4-6,9-10,15H,7-8H2,1-3H3. The molecule has 2 heterocycles. The van der Waals surface area contributed by atoms with Gasteiger partial charge in [0.1, 0.15) is 0 Å². The minimum absolute atomic E-state index is 0.308. The number of aromatic nitrogens is 1. The van der Waals surface area contributed by atoms with Gasteiger partial charge in [-0.3, -0.25) is 4.57 Å². The van der Waals surface area contributed by atoms with Gasteiger partial charge in [0.15, 0.2) is 5.58 Å². The Bertz CT molecular complexity index is 648. The summed E-state index contributed by atoms with van der Waals surface area (Å²) in [6.45, 7) is 6.25. The second-order valence-electron chi connectivity index (χ2n) is 5.32. The molecule has 2 unspecified atom stereocenters. The lowest BCUT2D eigenvalue weighted by molar-refractivity contribution is 0.430. The average molecular weight is 261 g/mol. The monoisotopic (exact) mass is 261 g/mol. The van der Waals surface area contributed by atoms with Crippen LogP contribution in [-0.2, 0) is 7.05 Å². The van der Waals surface area contributed by atoms with E-state index in [0.29, 0.717) is 17.7 Å². The van der Waals surface area contributed by atoms with Crippen LogP contribution in [0.5, 0.6) is 0 Å². The first-order valence-electron chi connectivity index (χ1n) is 6.67. The van der Waals surface area contributed by atoms with Crippen molar-refractivity contribution in [1.29, 1.82) is 0 Å². The number of piperazine rings is 1. The fourth-order valence-corrected chi connectivity index (χ4v) is 2.95. The van der Waals surface area contributed by atoms with Crippen molar-refractivity contribution >= 4 is 16.8 Å². The Morgan fingerprint density at radius 2 is 1.95 bits per heavy atom. The zero-order valence-corrected chi connectivity index (χ0v) is 11.5. The fraction of sp³-hybridized carbons (Fsp3) is 0.500. The summed E-state index contributed by atoms with van der Waals surface area (Å²) in [6, 6.07) is 6.68. The summed E-state index contributed by atoms with van der Waals surface area (Å²) in [6.07, 6.45) is 0. The molecule has 0 saturated carbocycles. The van der Waals surface area contributed by atoms with E-state index in [1.54, 1.807) is 11.6 Å². The molecule has 1 aromatic carbocycles. The molecule has 0 amide bonds. The van der Waals surface area contributed by atoms with Gasteiger partial charge in [0.25, 0.3) is 0 Å². The zero-order chi connectivity index (χ0) is 13.6. The van der Waals surface area contributed by atoms with Crippen molar-refractivity contribution in [3.63, 3.8) is 0 Å². The first-order chi connectivity index (χ1) is 9.09. The molecule has 1 saturated heterocycles. The van der Waals surface area contributed by atoms with Crippen LogP contribution in [0.1, 0.15) is 13.8 Å². The molecule has 2 aromatic rings. The van der Waals surface area contributed by atoms with E-state index in [1.165, 1.54) is 0 Å². The molecule has 1 fully saturated rings. The molecule has 1 N–H and O–H groups in total. The molecule has 19 heavy (non-hydrogen) atoms. The van der Waals surface area contributed by atoms with Crippen LogP contribution >= 0.6 is 0 Å². The van der Waals surface area contributed by atoms with Crippen LogP contribution in [0.2, 0.25) is 0 Å². The molecule has 0 aliphatic carbocycles. The molecule has 1 aliphatic rings. The van der Waals surface area contributed by atoms with Crippen LogP contribution in [0.25, 0.3) is 11.1 Å². The minimum Gasteiger partial charge on any atom is -0.405 e. The SMILES string of the molecule is CC1CNCC(C)N1c1cccc2c1oc(=O)n2C. The first kappa shape index (κ1) is 12.3. The lowest BCUT2D eigenvalue weighted by atomic mass is 10.1. The topological polar surface area (TPSA) is 50.4 Å². The normalized spacial score (nSPS) is 24.1.